The summed E-state index contributed by atoms with van der Waals surface area (Å²) in [5.41, 5.74) is 6.40. The Bertz CT molecular complexity index is 416. The van der Waals surface area contributed by atoms with Crippen molar-refractivity contribution in [3.63, 3.8) is 0 Å². The van der Waals surface area contributed by atoms with Crippen molar-refractivity contribution in [1.82, 2.24) is 0 Å². The maximum absolute atomic E-state index is 5.78. The first-order valence-corrected chi connectivity index (χ1v) is 7.38. The molecule has 0 unspecified atom stereocenters. The summed E-state index contributed by atoms with van der Waals surface area (Å²) >= 11 is 4.90. The van der Waals surface area contributed by atoms with E-state index in [2.05, 4.69) is 0 Å². The van der Waals surface area contributed by atoms with Crippen LogP contribution in [0.4, 0.5) is 0 Å². The molecule has 0 aromatic heterocycles. The minimum atomic E-state index is 0.355. The molecular formula is C15H21NO3S. The number of benzene rings is 1. The van der Waals surface area contributed by atoms with Crippen molar-refractivity contribution in [2.24, 2.45) is 5.73 Å². The van der Waals surface area contributed by atoms with E-state index in [-0.39, 0.29) is 0 Å². The number of thiocarbonyl (C=S) groups is 1. The summed E-state index contributed by atoms with van der Waals surface area (Å²) < 4.78 is 16.7. The van der Waals surface area contributed by atoms with Crippen LogP contribution in [0.1, 0.15) is 24.8 Å². The minimum absolute atomic E-state index is 0.355. The first-order chi connectivity index (χ1) is 9.75. The van der Waals surface area contributed by atoms with Gasteiger partial charge >= 0.3 is 0 Å². The van der Waals surface area contributed by atoms with Crippen LogP contribution in [0.3, 0.4) is 0 Å². The van der Waals surface area contributed by atoms with Crippen LogP contribution in [0.25, 0.3) is 0 Å². The van der Waals surface area contributed by atoms with E-state index in [1.807, 2.05) is 24.3 Å². The monoisotopic (exact) mass is 295 g/mol. The standard InChI is InChI=1S/C15H21NO3S/c16-15(20)12-2-4-13(5-3-12)18-8-1-9-19-14-6-10-17-11-7-14/h2-5,14H,1,6-11H2,(H2,16,20). The molecule has 5 heteroatoms. The van der Waals surface area contributed by atoms with E-state index in [1.54, 1.807) is 0 Å². The fourth-order valence-electron chi connectivity index (χ4n) is 2.06. The third-order valence-electron chi connectivity index (χ3n) is 3.22. The number of rotatable bonds is 7. The number of hydrogen-bond acceptors (Lipinski definition) is 4. The van der Waals surface area contributed by atoms with Gasteiger partial charge in [-0.3, -0.25) is 0 Å². The molecule has 2 rings (SSSR count). The van der Waals surface area contributed by atoms with Crippen LogP contribution >= 0.6 is 12.2 Å². The topological polar surface area (TPSA) is 53.7 Å². The van der Waals surface area contributed by atoms with Crippen LogP contribution in [-0.2, 0) is 9.47 Å². The molecule has 0 spiro atoms. The lowest BCUT2D eigenvalue weighted by atomic mass is 10.1. The molecule has 1 aliphatic heterocycles. The van der Waals surface area contributed by atoms with Crippen molar-refractivity contribution in [1.29, 1.82) is 0 Å². The highest BCUT2D eigenvalue weighted by atomic mass is 32.1. The SMILES string of the molecule is NC(=S)c1ccc(OCCCOC2CCOCC2)cc1. The Balaban J connectivity index is 1.59. The number of nitrogens with two attached hydrogens (primary N) is 1. The Morgan fingerprint density at radius 3 is 2.55 bits per heavy atom. The Kier molecular flexibility index (Phi) is 6.24. The summed E-state index contributed by atoms with van der Waals surface area (Å²) in [7, 11) is 0. The van der Waals surface area contributed by atoms with Crippen molar-refractivity contribution in [3.05, 3.63) is 29.8 Å². The predicted molar refractivity (Wildman–Crippen MR) is 82.2 cm³/mol. The molecule has 0 bridgehead atoms. The average Bonchev–Trinajstić information content (AvgIpc) is 2.48. The predicted octanol–water partition coefficient (Wildman–Crippen LogP) is 2.29. The average molecular weight is 295 g/mol. The van der Waals surface area contributed by atoms with E-state index in [0.717, 1.165) is 50.4 Å². The number of ether oxygens (including phenoxy) is 3. The summed E-state index contributed by atoms with van der Waals surface area (Å²) in [6.45, 7) is 3.01. The molecule has 1 aromatic carbocycles. The van der Waals surface area contributed by atoms with Gasteiger partial charge in [0, 0.05) is 25.2 Å². The highest BCUT2D eigenvalue weighted by molar-refractivity contribution is 7.80. The maximum atomic E-state index is 5.78. The molecule has 1 fully saturated rings. The van der Waals surface area contributed by atoms with E-state index in [4.69, 9.17) is 32.2 Å². The summed E-state index contributed by atoms with van der Waals surface area (Å²) in [6, 6.07) is 7.51. The highest BCUT2D eigenvalue weighted by Crippen LogP contribution is 2.13. The van der Waals surface area contributed by atoms with Gasteiger partial charge in [0.05, 0.1) is 19.3 Å². The van der Waals surface area contributed by atoms with Crippen LogP contribution < -0.4 is 10.5 Å². The summed E-state index contributed by atoms with van der Waals surface area (Å²) in [5, 5.41) is 0. The third kappa shape index (κ3) is 5.07. The van der Waals surface area contributed by atoms with Crippen LogP contribution in [0.15, 0.2) is 24.3 Å². The van der Waals surface area contributed by atoms with Gasteiger partial charge in [-0.15, -0.1) is 0 Å². The van der Waals surface area contributed by atoms with Crippen molar-refractivity contribution < 1.29 is 14.2 Å². The Hall–Kier alpha value is -1.17. The molecule has 1 saturated heterocycles. The summed E-state index contributed by atoms with van der Waals surface area (Å²) in [6.07, 6.45) is 3.24. The van der Waals surface area contributed by atoms with Crippen LogP contribution in [0, 0.1) is 0 Å². The van der Waals surface area contributed by atoms with Gasteiger partial charge in [0.25, 0.3) is 0 Å². The van der Waals surface area contributed by atoms with Gasteiger partial charge in [0.1, 0.15) is 10.7 Å². The maximum Gasteiger partial charge on any atom is 0.119 e. The minimum Gasteiger partial charge on any atom is -0.494 e. The molecule has 0 amide bonds. The largest absolute Gasteiger partial charge is 0.494 e. The fraction of sp³-hybridized carbons (Fsp3) is 0.533. The molecule has 0 radical (unpaired) electrons. The van der Waals surface area contributed by atoms with E-state index in [1.165, 1.54) is 0 Å². The Labute approximate surface area is 125 Å². The second-order valence-corrected chi connectivity index (χ2v) is 5.21. The van der Waals surface area contributed by atoms with Crippen molar-refractivity contribution in [2.75, 3.05) is 26.4 Å². The molecular weight excluding hydrogens is 274 g/mol. The van der Waals surface area contributed by atoms with Gasteiger partial charge in [-0.05, 0) is 37.1 Å². The van der Waals surface area contributed by atoms with Crippen molar-refractivity contribution >= 4 is 17.2 Å². The van der Waals surface area contributed by atoms with Gasteiger partial charge < -0.3 is 19.9 Å². The zero-order valence-electron chi connectivity index (χ0n) is 11.5. The van der Waals surface area contributed by atoms with Gasteiger partial charge in [-0.1, -0.05) is 12.2 Å². The molecule has 0 saturated carbocycles. The molecule has 0 aliphatic carbocycles. The molecule has 1 aromatic rings. The van der Waals surface area contributed by atoms with Gasteiger partial charge in [0.2, 0.25) is 0 Å². The molecule has 0 atom stereocenters. The van der Waals surface area contributed by atoms with E-state index in [0.29, 0.717) is 17.7 Å². The van der Waals surface area contributed by atoms with E-state index < -0.39 is 0 Å². The van der Waals surface area contributed by atoms with Gasteiger partial charge in [0.15, 0.2) is 0 Å². The van der Waals surface area contributed by atoms with Crippen molar-refractivity contribution in [2.45, 2.75) is 25.4 Å². The van der Waals surface area contributed by atoms with Gasteiger partial charge in [-0.25, -0.2) is 0 Å². The molecule has 2 N–H and O–H groups in total. The Morgan fingerprint density at radius 1 is 1.20 bits per heavy atom. The fourth-order valence-corrected chi connectivity index (χ4v) is 2.19. The first kappa shape index (κ1) is 15.2. The molecule has 1 heterocycles. The second-order valence-electron chi connectivity index (χ2n) is 4.77. The Morgan fingerprint density at radius 2 is 1.90 bits per heavy atom. The summed E-state index contributed by atoms with van der Waals surface area (Å²) in [5.74, 6) is 0.830. The zero-order chi connectivity index (χ0) is 14.2. The highest BCUT2D eigenvalue weighted by Gasteiger charge is 2.13. The normalized spacial score (nSPS) is 16.0. The van der Waals surface area contributed by atoms with Crippen LogP contribution in [0.2, 0.25) is 0 Å². The quantitative estimate of drug-likeness (QED) is 0.618. The second kappa shape index (κ2) is 8.19. The molecule has 4 nitrogen and oxygen atoms in total. The first-order valence-electron chi connectivity index (χ1n) is 6.98. The van der Waals surface area contributed by atoms with E-state index in [9.17, 15) is 0 Å². The van der Waals surface area contributed by atoms with Crippen molar-refractivity contribution in [3.8, 4) is 5.75 Å². The lowest BCUT2D eigenvalue weighted by Crippen LogP contribution is -2.24. The molecule has 20 heavy (non-hydrogen) atoms. The van der Waals surface area contributed by atoms with E-state index >= 15 is 0 Å². The lowest BCUT2D eigenvalue weighted by molar-refractivity contribution is -0.0341. The lowest BCUT2D eigenvalue weighted by Gasteiger charge is -2.22. The summed E-state index contributed by atoms with van der Waals surface area (Å²) in [4.78, 5) is 0.404. The van der Waals surface area contributed by atoms with Crippen LogP contribution in [0.5, 0.6) is 5.75 Å². The zero-order valence-corrected chi connectivity index (χ0v) is 12.4. The number of hydrogen-bond donors (Lipinski definition) is 1. The molecule has 110 valence electrons. The smallest absolute Gasteiger partial charge is 0.119 e. The van der Waals surface area contributed by atoms with Gasteiger partial charge in [-0.2, -0.15) is 0 Å². The molecule has 1 aliphatic rings. The van der Waals surface area contributed by atoms with Crippen LogP contribution in [-0.4, -0.2) is 37.5 Å². The third-order valence-corrected chi connectivity index (χ3v) is 3.45.